The molecule has 0 bridgehead atoms. The first-order valence-corrected chi connectivity index (χ1v) is 13.2. The van der Waals surface area contributed by atoms with Crippen molar-refractivity contribution in [3.05, 3.63) is 59.7 Å². The minimum Gasteiger partial charge on any atom is -0.497 e. The zero-order chi connectivity index (χ0) is 25.2. The van der Waals surface area contributed by atoms with Gasteiger partial charge in [-0.05, 0) is 42.3 Å². The first-order chi connectivity index (χ1) is 16.7. The van der Waals surface area contributed by atoms with Gasteiger partial charge in [-0.2, -0.15) is 0 Å². The Bertz CT molecular complexity index is 1230. The number of carbonyl (C=O) groups is 2. The Morgan fingerprint density at radius 2 is 1.66 bits per heavy atom. The number of hydrogen-bond acceptors (Lipinski definition) is 6. The molecule has 2 aromatic rings. The predicted octanol–water partition coefficient (Wildman–Crippen LogP) is 2.13. The molecule has 1 fully saturated rings. The van der Waals surface area contributed by atoms with Crippen molar-refractivity contribution < 1.29 is 22.7 Å². The monoisotopic (exact) mass is 498 g/mol. The maximum Gasteiger partial charge on any atom is 0.263 e. The maximum atomic E-state index is 13.5. The molecule has 10 heteroatoms. The summed E-state index contributed by atoms with van der Waals surface area (Å²) in [4.78, 5) is 34.6. The second kappa shape index (κ2) is 10.1. The molecule has 2 aliphatic rings. The number of rotatable bonds is 6. The topological polar surface area (TPSA) is 108 Å². The molecular weight excluding hydrogens is 468 g/mol. The SMILES string of the molecule is CC[C@H](C)[C@H](N=C1NS(=O)(=O)c2ccccc21)C(=O)N1CCN(C(=O)c2ccc(OC)cc2)CC1. The quantitative estimate of drug-likeness (QED) is 0.657. The predicted molar refractivity (Wildman–Crippen MR) is 132 cm³/mol. The number of benzene rings is 2. The minimum absolute atomic E-state index is 0.0876. The third kappa shape index (κ3) is 5.02. The summed E-state index contributed by atoms with van der Waals surface area (Å²) in [7, 11) is -2.11. The van der Waals surface area contributed by atoms with Crippen LogP contribution in [0.5, 0.6) is 5.75 Å². The summed E-state index contributed by atoms with van der Waals surface area (Å²) >= 11 is 0. The molecule has 0 unspecified atom stereocenters. The van der Waals surface area contributed by atoms with Crippen LogP contribution in [0.4, 0.5) is 0 Å². The van der Waals surface area contributed by atoms with Crippen molar-refractivity contribution >= 4 is 27.7 Å². The van der Waals surface area contributed by atoms with Crippen LogP contribution in [0.3, 0.4) is 0 Å². The average Bonchev–Trinajstić information content (AvgIpc) is 3.15. The van der Waals surface area contributed by atoms with E-state index in [1.54, 1.807) is 59.4 Å². The van der Waals surface area contributed by atoms with Gasteiger partial charge in [0.1, 0.15) is 17.6 Å². The summed E-state index contributed by atoms with van der Waals surface area (Å²) in [6.45, 7) is 5.52. The molecule has 0 saturated carbocycles. The molecule has 0 radical (unpaired) electrons. The second-order valence-corrected chi connectivity index (χ2v) is 10.4. The Hall–Kier alpha value is -3.40. The molecule has 4 rings (SSSR count). The lowest BCUT2D eigenvalue weighted by atomic mass is 9.97. The highest BCUT2D eigenvalue weighted by atomic mass is 32.2. The van der Waals surface area contributed by atoms with Gasteiger partial charge in [0.15, 0.2) is 0 Å². The Labute approximate surface area is 205 Å². The highest BCUT2D eigenvalue weighted by Crippen LogP contribution is 2.25. The highest BCUT2D eigenvalue weighted by Gasteiger charge is 2.35. The van der Waals surface area contributed by atoms with Gasteiger partial charge < -0.3 is 14.5 Å². The standard InChI is InChI=1S/C25H30N4O5S/c1-4-17(2)22(26-23-20-7-5-6-8-21(20)35(32,33)27-23)25(31)29-15-13-28(14-16-29)24(30)18-9-11-19(34-3)12-10-18/h5-12,17,22H,4,13-16H2,1-3H3,(H,26,27)/t17-,22-/m0/s1. The van der Waals surface area contributed by atoms with E-state index < -0.39 is 16.1 Å². The van der Waals surface area contributed by atoms with E-state index >= 15 is 0 Å². The summed E-state index contributed by atoms with van der Waals surface area (Å²) in [5, 5.41) is 0. The number of sulfonamides is 1. The Balaban J connectivity index is 1.48. The molecule has 2 amide bonds. The number of fused-ring (bicyclic) bond motifs is 1. The summed E-state index contributed by atoms with van der Waals surface area (Å²) in [6, 6.07) is 12.8. The van der Waals surface area contributed by atoms with Crippen LogP contribution in [0.1, 0.15) is 36.2 Å². The molecule has 2 heterocycles. The zero-order valence-corrected chi connectivity index (χ0v) is 20.9. The van der Waals surface area contributed by atoms with Gasteiger partial charge in [0.2, 0.25) is 5.91 Å². The molecule has 35 heavy (non-hydrogen) atoms. The van der Waals surface area contributed by atoms with Crippen LogP contribution in [-0.2, 0) is 14.8 Å². The number of nitrogens with zero attached hydrogens (tertiary/aromatic N) is 3. The molecule has 1 N–H and O–H groups in total. The van der Waals surface area contributed by atoms with Crippen LogP contribution < -0.4 is 9.46 Å². The Morgan fingerprint density at radius 1 is 1.03 bits per heavy atom. The third-order valence-electron chi connectivity index (χ3n) is 6.58. The molecule has 1 saturated heterocycles. The normalized spacial score (nSPS) is 19.6. The lowest BCUT2D eigenvalue weighted by Gasteiger charge is -2.36. The van der Waals surface area contributed by atoms with Crippen LogP contribution in [-0.4, -0.2) is 75.2 Å². The van der Waals surface area contributed by atoms with E-state index in [4.69, 9.17) is 4.74 Å². The Kier molecular flexibility index (Phi) is 7.11. The van der Waals surface area contributed by atoms with Crippen LogP contribution in [0.2, 0.25) is 0 Å². The third-order valence-corrected chi connectivity index (χ3v) is 7.98. The van der Waals surface area contributed by atoms with Gasteiger partial charge in [-0.15, -0.1) is 0 Å². The van der Waals surface area contributed by atoms with Crippen LogP contribution >= 0.6 is 0 Å². The molecule has 2 atom stereocenters. The summed E-state index contributed by atoms with van der Waals surface area (Å²) < 4.78 is 32.6. The lowest BCUT2D eigenvalue weighted by molar-refractivity contribution is -0.135. The average molecular weight is 499 g/mol. The van der Waals surface area contributed by atoms with Crippen molar-refractivity contribution in [2.45, 2.75) is 31.2 Å². The molecule has 186 valence electrons. The van der Waals surface area contributed by atoms with Crippen molar-refractivity contribution in [2.75, 3.05) is 33.3 Å². The minimum atomic E-state index is -3.69. The van der Waals surface area contributed by atoms with Crippen molar-refractivity contribution in [1.82, 2.24) is 14.5 Å². The molecule has 2 aromatic carbocycles. The van der Waals surface area contributed by atoms with Crippen molar-refractivity contribution in [2.24, 2.45) is 10.9 Å². The number of methoxy groups -OCH3 is 1. The second-order valence-electron chi connectivity index (χ2n) is 8.76. The van der Waals surface area contributed by atoms with Crippen LogP contribution in [0.25, 0.3) is 0 Å². The molecule has 0 spiro atoms. The van der Waals surface area contributed by atoms with Crippen LogP contribution in [0.15, 0.2) is 58.4 Å². The van der Waals surface area contributed by atoms with Crippen molar-refractivity contribution in [3.8, 4) is 5.75 Å². The number of hydrogen-bond donors (Lipinski definition) is 1. The number of carbonyl (C=O) groups excluding carboxylic acids is 2. The molecule has 0 aliphatic carbocycles. The van der Waals surface area contributed by atoms with E-state index in [2.05, 4.69) is 9.71 Å². The molecular formula is C25H30N4O5S. The lowest BCUT2D eigenvalue weighted by Crippen LogP contribution is -2.53. The van der Waals surface area contributed by atoms with Gasteiger partial charge in [-0.3, -0.25) is 19.3 Å². The fourth-order valence-electron chi connectivity index (χ4n) is 4.25. The molecule has 2 aliphatic heterocycles. The van der Waals surface area contributed by atoms with Gasteiger partial charge in [0.25, 0.3) is 15.9 Å². The van der Waals surface area contributed by atoms with E-state index in [0.717, 1.165) is 0 Å². The number of amidine groups is 1. The fourth-order valence-corrected chi connectivity index (χ4v) is 5.49. The smallest absolute Gasteiger partial charge is 0.263 e. The van der Waals surface area contributed by atoms with Gasteiger partial charge in [0, 0.05) is 37.3 Å². The number of ether oxygens (including phenoxy) is 1. The number of nitrogens with one attached hydrogen (secondary N) is 1. The molecule has 0 aromatic heterocycles. The Morgan fingerprint density at radius 3 is 2.29 bits per heavy atom. The number of amides is 2. The van der Waals surface area contributed by atoms with E-state index in [0.29, 0.717) is 49.5 Å². The van der Waals surface area contributed by atoms with E-state index in [1.165, 1.54) is 6.07 Å². The first kappa shape index (κ1) is 24.7. The number of aliphatic imine (C=N–C) groups is 1. The van der Waals surface area contributed by atoms with Crippen molar-refractivity contribution in [1.29, 1.82) is 0 Å². The maximum absolute atomic E-state index is 13.5. The van der Waals surface area contributed by atoms with Crippen molar-refractivity contribution in [3.63, 3.8) is 0 Å². The summed E-state index contributed by atoms with van der Waals surface area (Å²) in [5.41, 5.74) is 1.05. The fraction of sp³-hybridized carbons (Fsp3) is 0.400. The van der Waals surface area contributed by atoms with Gasteiger partial charge in [0.05, 0.1) is 12.0 Å². The summed E-state index contributed by atoms with van der Waals surface area (Å²) in [5.74, 6) is 0.545. The highest BCUT2D eigenvalue weighted by molar-refractivity contribution is 7.90. The largest absolute Gasteiger partial charge is 0.497 e. The summed E-state index contributed by atoms with van der Waals surface area (Å²) in [6.07, 6.45) is 0.706. The number of piperazine rings is 1. The zero-order valence-electron chi connectivity index (χ0n) is 20.1. The molecule has 9 nitrogen and oxygen atoms in total. The van der Waals surface area contributed by atoms with E-state index in [9.17, 15) is 18.0 Å². The van der Waals surface area contributed by atoms with Gasteiger partial charge >= 0.3 is 0 Å². The van der Waals surface area contributed by atoms with E-state index in [1.807, 2.05) is 13.8 Å². The van der Waals surface area contributed by atoms with Gasteiger partial charge in [-0.25, -0.2) is 8.42 Å². The van der Waals surface area contributed by atoms with E-state index in [-0.39, 0.29) is 28.5 Å². The van der Waals surface area contributed by atoms with Crippen LogP contribution in [0, 0.1) is 5.92 Å². The first-order valence-electron chi connectivity index (χ1n) is 11.7. The van der Waals surface area contributed by atoms with Gasteiger partial charge in [-0.1, -0.05) is 32.4 Å².